The van der Waals surface area contributed by atoms with Gasteiger partial charge in [-0.2, -0.15) is 0 Å². The highest BCUT2D eigenvalue weighted by atomic mass is 32.2. The molecule has 1 saturated carbocycles. The average molecular weight is 375 g/mol. The first-order valence-corrected chi connectivity index (χ1v) is 10.8. The number of benzene rings is 1. The molecule has 0 radical (unpaired) electrons. The van der Waals surface area contributed by atoms with E-state index >= 15 is 0 Å². The number of rotatable bonds is 4. The van der Waals surface area contributed by atoms with Crippen LogP contribution in [-0.2, 0) is 14.6 Å². The van der Waals surface area contributed by atoms with E-state index in [1.165, 1.54) is 13.0 Å². The van der Waals surface area contributed by atoms with Crippen molar-refractivity contribution in [3.05, 3.63) is 36.4 Å². The van der Waals surface area contributed by atoms with Crippen molar-refractivity contribution in [1.82, 2.24) is 10.3 Å². The van der Waals surface area contributed by atoms with Crippen LogP contribution in [0.5, 0.6) is 0 Å². The fourth-order valence-electron chi connectivity index (χ4n) is 3.61. The summed E-state index contributed by atoms with van der Waals surface area (Å²) in [5.74, 6) is 0.440. The summed E-state index contributed by atoms with van der Waals surface area (Å²) in [6.45, 7) is 5.75. The highest BCUT2D eigenvalue weighted by Gasteiger charge is 2.34. The molecular formula is C20H26N2O3S. The predicted molar refractivity (Wildman–Crippen MR) is 103 cm³/mol. The zero-order valence-corrected chi connectivity index (χ0v) is 16.3. The van der Waals surface area contributed by atoms with Gasteiger partial charge in [0, 0.05) is 11.4 Å². The molecule has 0 saturated heterocycles. The van der Waals surface area contributed by atoms with Gasteiger partial charge in [0.25, 0.3) is 0 Å². The van der Waals surface area contributed by atoms with E-state index in [0.29, 0.717) is 17.4 Å². The van der Waals surface area contributed by atoms with Crippen molar-refractivity contribution in [3.8, 4) is 0 Å². The van der Waals surface area contributed by atoms with Gasteiger partial charge in [0.15, 0.2) is 5.03 Å². The number of para-hydroxylation sites is 1. The molecule has 1 N–H and O–H groups in total. The molecule has 1 aromatic carbocycles. The van der Waals surface area contributed by atoms with E-state index in [-0.39, 0.29) is 11.1 Å². The fourth-order valence-corrected chi connectivity index (χ4v) is 4.81. The molecule has 1 aliphatic rings. The molecule has 4 unspecified atom stereocenters. The standard InChI is InChI=1S/C20H26N2O3S/c1-13-7-6-10-17(14(13)2)22-20(23)15(3)26(24,25)19-12-11-16-8-4-5-9-18(16)21-19/h4-5,8-9,11-15,17H,6-7,10H2,1-3H3,(H,22,23). The molecule has 1 amide bonds. The lowest BCUT2D eigenvalue weighted by Gasteiger charge is -2.35. The summed E-state index contributed by atoms with van der Waals surface area (Å²) in [6.07, 6.45) is 3.12. The summed E-state index contributed by atoms with van der Waals surface area (Å²) in [5, 5.41) is 2.62. The average Bonchev–Trinajstić information content (AvgIpc) is 2.64. The van der Waals surface area contributed by atoms with E-state index < -0.39 is 21.0 Å². The first-order valence-electron chi connectivity index (χ1n) is 9.21. The lowest BCUT2D eigenvalue weighted by Crippen LogP contribution is -2.48. The largest absolute Gasteiger partial charge is 0.352 e. The highest BCUT2D eigenvalue weighted by Crippen LogP contribution is 2.29. The van der Waals surface area contributed by atoms with Crippen molar-refractivity contribution in [2.24, 2.45) is 11.8 Å². The number of sulfone groups is 1. The first-order chi connectivity index (χ1) is 12.3. The summed E-state index contributed by atoms with van der Waals surface area (Å²) >= 11 is 0. The monoisotopic (exact) mass is 374 g/mol. The molecule has 0 bridgehead atoms. The number of carbonyl (C=O) groups excluding carboxylic acids is 1. The van der Waals surface area contributed by atoms with Gasteiger partial charge >= 0.3 is 0 Å². The molecule has 1 aromatic heterocycles. The normalized spacial score (nSPS) is 25.0. The van der Waals surface area contributed by atoms with E-state index in [1.807, 2.05) is 18.2 Å². The minimum Gasteiger partial charge on any atom is -0.352 e. The van der Waals surface area contributed by atoms with E-state index in [0.717, 1.165) is 24.6 Å². The van der Waals surface area contributed by atoms with Crippen molar-refractivity contribution in [2.45, 2.75) is 56.4 Å². The Hall–Kier alpha value is -1.95. The Morgan fingerprint density at radius 2 is 1.88 bits per heavy atom. The summed E-state index contributed by atoms with van der Waals surface area (Å²) in [7, 11) is -3.83. The van der Waals surface area contributed by atoms with Crippen LogP contribution in [0.15, 0.2) is 41.4 Å². The minimum absolute atomic E-state index is 0.0356. The van der Waals surface area contributed by atoms with Gasteiger partial charge in [0.05, 0.1) is 5.52 Å². The Morgan fingerprint density at radius 3 is 2.65 bits per heavy atom. The molecule has 2 aromatic rings. The summed E-state index contributed by atoms with van der Waals surface area (Å²) in [5.41, 5.74) is 0.607. The molecule has 1 aliphatic carbocycles. The van der Waals surface area contributed by atoms with E-state index in [1.54, 1.807) is 12.1 Å². The first kappa shape index (κ1) is 18.8. The van der Waals surface area contributed by atoms with Crippen molar-refractivity contribution in [2.75, 3.05) is 0 Å². The number of fused-ring (bicyclic) bond motifs is 1. The van der Waals surface area contributed by atoms with Crippen molar-refractivity contribution in [1.29, 1.82) is 0 Å². The van der Waals surface area contributed by atoms with Gasteiger partial charge in [-0.3, -0.25) is 4.79 Å². The van der Waals surface area contributed by atoms with Gasteiger partial charge in [0.1, 0.15) is 5.25 Å². The quantitative estimate of drug-likeness (QED) is 0.890. The van der Waals surface area contributed by atoms with E-state index in [2.05, 4.69) is 24.1 Å². The van der Waals surface area contributed by atoms with Crippen LogP contribution in [0.1, 0.15) is 40.0 Å². The van der Waals surface area contributed by atoms with Crippen LogP contribution in [0.25, 0.3) is 10.9 Å². The van der Waals surface area contributed by atoms with Gasteiger partial charge in [-0.15, -0.1) is 0 Å². The van der Waals surface area contributed by atoms with Gasteiger partial charge in [-0.25, -0.2) is 13.4 Å². The second-order valence-electron chi connectivity index (χ2n) is 7.41. The second kappa shape index (κ2) is 7.35. The van der Waals surface area contributed by atoms with Crippen LogP contribution in [0, 0.1) is 11.8 Å². The van der Waals surface area contributed by atoms with E-state index in [9.17, 15) is 13.2 Å². The van der Waals surface area contributed by atoms with Crippen LogP contribution < -0.4 is 5.32 Å². The summed E-state index contributed by atoms with van der Waals surface area (Å²) in [6, 6.07) is 10.6. The number of aromatic nitrogens is 1. The molecule has 140 valence electrons. The van der Waals surface area contributed by atoms with Crippen LogP contribution in [0.2, 0.25) is 0 Å². The number of hydrogen-bond donors (Lipinski definition) is 1. The molecule has 4 atom stereocenters. The van der Waals surface area contributed by atoms with E-state index in [4.69, 9.17) is 0 Å². The molecule has 5 nitrogen and oxygen atoms in total. The number of carbonyl (C=O) groups is 1. The molecule has 1 heterocycles. The van der Waals surface area contributed by atoms with Crippen LogP contribution in [0.3, 0.4) is 0 Å². The zero-order chi connectivity index (χ0) is 18.9. The Kier molecular flexibility index (Phi) is 5.32. The minimum atomic E-state index is -3.83. The Balaban J connectivity index is 1.80. The fraction of sp³-hybridized carbons (Fsp3) is 0.500. The number of hydrogen-bond acceptors (Lipinski definition) is 4. The number of pyridine rings is 1. The molecule has 0 spiro atoms. The lowest BCUT2D eigenvalue weighted by molar-refractivity contribution is -0.121. The van der Waals surface area contributed by atoms with Crippen molar-refractivity contribution < 1.29 is 13.2 Å². The predicted octanol–water partition coefficient (Wildman–Crippen LogP) is 3.34. The Morgan fingerprint density at radius 1 is 1.15 bits per heavy atom. The van der Waals surface area contributed by atoms with Gasteiger partial charge < -0.3 is 5.32 Å². The molecular weight excluding hydrogens is 348 g/mol. The zero-order valence-electron chi connectivity index (χ0n) is 15.5. The third-order valence-corrected chi connectivity index (χ3v) is 7.69. The maximum Gasteiger partial charge on any atom is 0.238 e. The molecule has 0 aliphatic heterocycles. The second-order valence-corrected chi connectivity index (χ2v) is 9.63. The number of nitrogens with one attached hydrogen (secondary N) is 1. The van der Waals surface area contributed by atoms with Crippen LogP contribution >= 0.6 is 0 Å². The molecule has 26 heavy (non-hydrogen) atoms. The summed E-state index contributed by atoms with van der Waals surface area (Å²) < 4.78 is 25.8. The van der Waals surface area contributed by atoms with Crippen LogP contribution in [-0.4, -0.2) is 30.6 Å². The van der Waals surface area contributed by atoms with Gasteiger partial charge in [-0.05, 0) is 43.4 Å². The molecule has 1 fully saturated rings. The maximum atomic E-state index is 12.9. The van der Waals surface area contributed by atoms with Crippen LogP contribution in [0.4, 0.5) is 0 Å². The van der Waals surface area contributed by atoms with Crippen molar-refractivity contribution in [3.63, 3.8) is 0 Å². The number of nitrogens with zero attached hydrogens (tertiary/aromatic N) is 1. The van der Waals surface area contributed by atoms with Gasteiger partial charge in [0.2, 0.25) is 15.7 Å². The Bertz CT molecular complexity index is 910. The van der Waals surface area contributed by atoms with Gasteiger partial charge in [-0.1, -0.05) is 44.9 Å². The highest BCUT2D eigenvalue weighted by molar-refractivity contribution is 7.92. The maximum absolute atomic E-state index is 12.9. The number of amides is 1. The molecule has 3 rings (SSSR count). The topological polar surface area (TPSA) is 76.1 Å². The van der Waals surface area contributed by atoms with Crippen molar-refractivity contribution >= 4 is 26.6 Å². The smallest absolute Gasteiger partial charge is 0.238 e. The lowest BCUT2D eigenvalue weighted by atomic mass is 9.78. The third kappa shape index (κ3) is 3.61. The SMILES string of the molecule is CC1CCCC(NC(=O)C(C)S(=O)(=O)c2ccc3ccccc3n2)C1C. The third-order valence-electron chi connectivity index (χ3n) is 5.73. The molecule has 6 heteroatoms. The Labute approximate surface area is 155 Å². The summed E-state index contributed by atoms with van der Waals surface area (Å²) in [4.78, 5) is 16.9.